The van der Waals surface area contributed by atoms with Gasteiger partial charge in [0.25, 0.3) is 11.6 Å². The fraction of sp³-hybridized carbons (Fsp3) is 0.217. The van der Waals surface area contributed by atoms with Gasteiger partial charge in [-0.3, -0.25) is 14.9 Å². The van der Waals surface area contributed by atoms with Gasteiger partial charge in [-0.2, -0.15) is 5.26 Å². The van der Waals surface area contributed by atoms with Crippen molar-refractivity contribution < 1.29 is 19.2 Å². The number of carbonyl (C=O) groups is 1. The molecule has 160 valence electrons. The molecule has 0 spiro atoms. The second-order valence-electron chi connectivity index (χ2n) is 6.30. The molecular weight excluding hydrogens is 398 g/mol. The Hall–Kier alpha value is -4.12. The quantitative estimate of drug-likeness (QED) is 0.196. The number of benzene rings is 2. The van der Waals surface area contributed by atoms with E-state index in [1.165, 1.54) is 30.3 Å². The Balaban J connectivity index is 2.41. The van der Waals surface area contributed by atoms with Gasteiger partial charge in [0.15, 0.2) is 11.5 Å². The first-order chi connectivity index (χ1) is 14.9. The highest BCUT2D eigenvalue weighted by molar-refractivity contribution is 6.09. The Bertz CT molecular complexity index is 1050. The van der Waals surface area contributed by atoms with Crippen molar-refractivity contribution in [2.24, 2.45) is 0 Å². The van der Waals surface area contributed by atoms with Crippen molar-refractivity contribution in [3.05, 3.63) is 75.9 Å². The number of hydrogen-bond acceptors (Lipinski definition) is 6. The molecule has 31 heavy (non-hydrogen) atoms. The lowest BCUT2D eigenvalue weighted by molar-refractivity contribution is -0.384. The number of rotatable bonds is 10. The summed E-state index contributed by atoms with van der Waals surface area (Å²) in [6.45, 7) is 8.34. The van der Waals surface area contributed by atoms with Gasteiger partial charge >= 0.3 is 0 Å². The third-order valence-electron chi connectivity index (χ3n) is 4.10. The van der Waals surface area contributed by atoms with Crippen molar-refractivity contribution in [3.8, 4) is 17.6 Å². The minimum Gasteiger partial charge on any atom is -0.490 e. The van der Waals surface area contributed by atoms with Gasteiger partial charge in [-0.1, -0.05) is 12.1 Å². The summed E-state index contributed by atoms with van der Waals surface area (Å²) < 4.78 is 11.4. The summed E-state index contributed by atoms with van der Waals surface area (Å²) >= 11 is 0. The van der Waals surface area contributed by atoms with E-state index < -0.39 is 10.8 Å². The van der Waals surface area contributed by atoms with Crippen molar-refractivity contribution >= 4 is 23.4 Å². The number of non-ortho nitro benzene ring substituents is 1. The number of hydrogen-bond donors (Lipinski definition) is 1. The molecule has 0 aliphatic heterocycles. The average Bonchev–Trinajstić information content (AvgIpc) is 2.74. The Labute approximate surface area is 180 Å². The third-order valence-corrected chi connectivity index (χ3v) is 4.10. The van der Waals surface area contributed by atoms with Gasteiger partial charge in [0.2, 0.25) is 0 Å². The van der Waals surface area contributed by atoms with Crippen molar-refractivity contribution in [2.75, 3.05) is 18.5 Å². The predicted molar refractivity (Wildman–Crippen MR) is 118 cm³/mol. The van der Waals surface area contributed by atoms with Crippen molar-refractivity contribution in [2.45, 2.75) is 20.3 Å². The van der Waals surface area contributed by atoms with E-state index in [0.29, 0.717) is 36.7 Å². The summed E-state index contributed by atoms with van der Waals surface area (Å²) in [5.74, 6) is 0.424. The first-order valence-corrected chi connectivity index (χ1v) is 9.64. The summed E-state index contributed by atoms with van der Waals surface area (Å²) in [7, 11) is 0. The molecule has 1 N–H and O–H groups in total. The molecule has 0 saturated carbocycles. The number of ether oxygens (including phenoxy) is 2. The summed E-state index contributed by atoms with van der Waals surface area (Å²) in [6, 6.07) is 10.9. The number of nitriles is 1. The van der Waals surface area contributed by atoms with Crippen molar-refractivity contribution in [1.82, 2.24) is 0 Å². The first kappa shape index (κ1) is 23.2. The highest BCUT2D eigenvalue weighted by atomic mass is 16.6. The lowest BCUT2D eigenvalue weighted by Gasteiger charge is -2.16. The smallest absolute Gasteiger partial charge is 0.271 e. The molecule has 0 fully saturated rings. The van der Waals surface area contributed by atoms with E-state index in [9.17, 15) is 20.2 Å². The summed E-state index contributed by atoms with van der Waals surface area (Å²) in [4.78, 5) is 22.9. The van der Waals surface area contributed by atoms with Gasteiger partial charge in [-0.25, -0.2) is 0 Å². The minimum absolute atomic E-state index is 0.164. The second-order valence-corrected chi connectivity index (χ2v) is 6.30. The maximum Gasteiger partial charge on any atom is 0.271 e. The second kappa shape index (κ2) is 11.2. The number of nitro benzene ring substituents is 1. The summed E-state index contributed by atoms with van der Waals surface area (Å²) in [6.07, 6.45) is 3.66. The van der Waals surface area contributed by atoms with Crippen LogP contribution in [0.1, 0.15) is 25.0 Å². The first-order valence-electron chi connectivity index (χ1n) is 9.64. The number of amides is 1. The van der Waals surface area contributed by atoms with E-state index in [2.05, 4.69) is 11.9 Å². The highest BCUT2D eigenvalue weighted by Gasteiger charge is 2.15. The molecule has 8 heteroatoms. The number of anilines is 1. The Kier molecular flexibility index (Phi) is 8.34. The van der Waals surface area contributed by atoms with Crippen LogP contribution >= 0.6 is 0 Å². The van der Waals surface area contributed by atoms with Gasteiger partial charge in [-0.15, -0.1) is 6.58 Å². The Morgan fingerprint density at radius 3 is 2.61 bits per heavy atom. The molecule has 0 radical (unpaired) electrons. The lowest BCUT2D eigenvalue weighted by Crippen LogP contribution is -2.13. The van der Waals surface area contributed by atoms with Gasteiger partial charge in [0.1, 0.15) is 11.6 Å². The minimum atomic E-state index is -0.680. The number of nitrogens with zero attached hydrogens (tertiary/aromatic N) is 2. The molecule has 2 aromatic rings. The topological polar surface area (TPSA) is 114 Å². The summed E-state index contributed by atoms with van der Waals surface area (Å²) in [5, 5.41) is 22.9. The maximum absolute atomic E-state index is 12.6. The van der Waals surface area contributed by atoms with E-state index in [-0.39, 0.29) is 16.9 Å². The van der Waals surface area contributed by atoms with Crippen LogP contribution in [0.15, 0.2) is 54.6 Å². The standard InChI is InChI=1S/C23H23N3O5/c1-4-8-17-11-16(13-21(30-5-2)22(17)31-6-3)12-18(15-24)23(27)25-19-9-7-10-20(14-19)26(28)29/h4,7,9-14H,1,5-6,8H2,2-3H3,(H,25,27)/b18-12+. The fourth-order valence-corrected chi connectivity index (χ4v) is 2.86. The van der Waals surface area contributed by atoms with Crippen LogP contribution in [0.25, 0.3) is 6.08 Å². The zero-order valence-electron chi connectivity index (χ0n) is 17.4. The zero-order valence-corrected chi connectivity index (χ0v) is 17.4. The third kappa shape index (κ3) is 6.18. The van der Waals surface area contributed by atoms with Crippen LogP contribution in [0.5, 0.6) is 11.5 Å². The number of nitrogens with one attached hydrogen (secondary N) is 1. The van der Waals surface area contributed by atoms with Crippen LogP contribution in [0.2, 0.25) is 0 Å². The molecule has 1 amide bonds. The number of allylic oxidation sites excluding steroid dienone is 1. The van der Waals surface area contributed by atoms with E-state index in [1.54, 1.807) is 18.2 Å². The van der Waals surface area contributed by atoms with Gasteiger partial charge in [0, 0.05) is 23.4 Å². The molecule has 0 aromatic heterocycles. The van der Waals surface area contributed by atoms with E-state index in [1.807, 2.05) is 19.9 Å². The molecule has 0 aliphatic rings. The van der Waals surface area contributed by atoms with Crippen molar-refractivity contribution in [3.63, 3.8) is 0 Å². The Morgan fingerprint density at radius 2 is 2.00 bits per heavy atom. The Morgan fingerprint density at radius 1 is 1.26 bits per heavy atom. The maximum atomic E-state index is 12.6. The van der Waals surface area contributed by atoms with E-state index >= 15 is 0 Å². The molecule has 0 atom stereocenters. The van der Waals surface area contributed by atoms with Crippen LogP contribution in [0, 0.1) is 21.4 Å². The van der Waals surface area contributed by atoms with E-state index in [4.69, 9.17) is 9.47 Å². The molecule has 2 rings (SSSR count). The van der Waals surface area contributed by atoms with Crippen LogP contribution in [-0.2, 0) is 11.2 Å². The molecule has 0 bridgehead atoms. The summed E-state index contributed by atoms with van der Waals surface area (Å²) in [5.41, 5.74) is 1.28. The lowest BCUT2D eigenvalue weighted by atomic mass is 10.0. The average molecular weight is 421 g/mol. The molecular formula is C23H23N3O5. The fourth-order valence-electron chi connectivity index (χ4n) is 2.86. The monoisotopic (exact) mass is 421 g/mol. The van der Waals surface area contributed by atoms with Crippen LogP contribution < -0.4 is 14.8 Å². The molecule has 0 heterocycles. The van der Waals surface area contributed by atoms with Gasteiger partial charge in [0.05, 0.1) is 18.1 Å². The molecule has 0 saturated heterocycles. The number of nitro groups is 1. The van der Waals surface area contributed by atoms with Crippen LogP contribution in [0.3, 0.4) is 0 Å². The molecule has 8 nitrogen and oxygen atoms in total. The predicted octanol–water partition coefficient (Wildman–Crippen LogP) is 4.67. The van der Waals surface area contributed by atoms with Crippen molar-refractivity contribution in [1.29, 1.82) is 5.26 Å². The highest BCUT2D eigenvalue weighted by Crippen LogP contribution is 2.34. The largest absolute Gasteiger partial charge is 0.490 e. The molecule has 0 unspecified atom stereocenters. The van der Waals surface area contributed by atoms with Gasteiger partial charge < -0.3 is 14.8 Å². The molecule has 0 aliphatic carbocycles. The SMILES string of the molecule is C=CCc1cc(/C=C(\C#N)C(=O)Nc2cccc([N+](=O)[O-])c2)cc(OCC)c1OCC. The normalized spacial score (nSPS) is 10.7. The zero-order chi connectivity index (χ0) is 22.8. The van der Waals surface area contributed by atoms with E-state index in [0.717, 1.165) is 5.56 Å². The molecule has 2 aromatic carbocycles. The number of carbonyl (C=O) groups excluding carboxylic acids is 1. The van der Waals surface area contributed by atoms with Gasteiger partial charge in [-0.05, 0) is 50.1 Å². The van der Waals surface area contributed by atoms with Crippen LogP contribution in [0.4, 0.5) is 11.4 Å². The van der Waals surface area contributed by atoms with Crippen LogP contribution in [-0.4, -0.2) is 24.0 Å².